The molecule has 1 N–H and O–H groups in total. The quantitative estimate of drug-likeness (QED) is 0.929. The monoisotopic (exact) mass is 322 g/mol. The van der Waals surface area contributed by atoms with Gasteiger partial charge in [0.1, 0.15) is 17.6 Å². The number of ether oxygens (including phenoxy) is 2. The molecule has 23 heavy (non-hydrogen) atoms. The summed E-state index contributed by atoms with van der Waals surface area (Å²) in [6.07, 6.45) is 4.24. The molecule has 1 saturated carbocycles. The van der Waals surface area contributed by atoms with Crippen molar-refractivity contribution >= 4 is 6.03 Å². The lowest BCUT2D eigenvalue weighted by Crippen LogP contribution is -2.53. The van der Waals surface area contributed by atoms with Crippen molar-refractivity contribution in [2.75, 3.05) is 26.8 Å². The van der Waals surface area contributed by atoms with Gasteiger partial charge >= 0.3 is 6.03 Å². The number of hydrogen-bond acceptors (Lipinski definition) is 4. The molecule has 6 heteroatoms. The van der Waals surface area contributed by atoms with E-state index >= 15 is 0 Å². The molecule has 0 unspecified atom stereocenters. The van der Waals surface area contributed by atoms with Gasteiger partial charge in [-0.05, 0) is 31.9 Å². The Morgan fingerprint density at radius 1 is 1.35 bits per heavy atom. The van der Waals surface area contributed by atoms with Gasteiger partial charge < -0.3 is 24.1 Å². The van der Waals surface area contributed by atoms with Crippen molar-refractivity contribution in [1.82, 2.24) is 10.2 Å². The van der Waals surface area contributed by atoms with Crippen LogP contribution in [-0.2, 0) is 9.47 Å². The van der Waals surface area contributed by atoms with E-state index in [0.29, 0.717) is 19.7 Å². The highest BCUT2D eigenvalue weighted by atomic mass is 16.5. The molecule has 0 spiro atoms. The number of methoxy groups -OCH3 is 1. The number of morpholine rings is 1. The van der Waals surface area contributed by atoms with Gasteiger partial charge in [0.25, 0.3) is 0 Å². The predicted molar refractivity (Wildman–Crippen MR) is 85.3 cm³/mol. The van der Waals surface area contributed by atoms with Crippen LogP contribution in [0.3, 0.4) is 0 Å². The maximum Gasteiger partial charge on any atom is 0.317 e. The second-order valence-electron chi connectivity index (χ2n) is 6.37. The summed E-state index contributed by atoms with van der Waals surface area (Å²) in [6.45, 7) is 3.55. The van der Waals surface area contributed by atoms with E-state index in [1.165, 1.54) is 6.42 Å². The minimum atomic E-state index is -0.187. The highest BCUT2D eigenvalue weighted by Gasteiger charge is 2.31. The fourth-order valence-electron chi connectivity index (χ4n) is 3.43. The molecular formula is C17H26N2O4. The molecule has 3 atom stereocenters. The highest BCUT2D eigenvalue weighted by Crippen LogP contribution is 2.25. The second-order valence-corrected chi connectivity index (χ2v) is 6.37. The van der Waals surface area contributed by atoms with Crippen LogP contribution in [-0.4, -0.2) is 49.9 Å². The largest absolute Gasteiger partial charge is 0.464 e. The van der Waals surface area contributed by atoms with E-state index in [1.807, 2.05) is 24.0 Å². The van der Waals surface area contributed by atoms with Crippen molar-refractivity contribution < 1.29 is 18.7 Å². The normalized spacial score (nSPS) is 28.6. The molecule has 1 aliphatic carbocycles. The van der Waals surface area contributed by atoms with Gasteiger partial charge in [0, 0.05) is 13.7 Å². The summed E-state index contributed by atoms with van der Waals surface area (Å²) in [4.78, 5) is 14.4. The van der Waals surface area contributed by atoms with E-state index in [4.69, 9.17) is 13.9 Å². The van der Waals surface area contributed by atoms with Crippen LogP contribution >= 0.6 is 0 Å². The number of furan rings is 1. The van der Waals surface area contributed by atoms with Crippen molar-refractivity contribution in [3.63, 3.8) is 0 Å². The van der Waals surface area contributed by atoms with Gasteiger partial charge in [-0.1, -0.05) is 12.8 Å². The van der Waals surface area contributed by atoms with E-state index in [9.17, 15) is 4.79 Å². The van der Waals surface area contributed by atoms with Gasteiger partial charge in [0.15, 0.2) is 0 Å². The van der Waals surface area contributed by atoms with E-state index in [2.05, 4.69) is 5.32 Å². The Morgan fingerprint density at radius 3 is 2.91 bits per heavy atom. The number of rotatable bonds is 3. The molecule has 2 aliphatic rings. The zero-order valence-electron chi connectivity index (χ0n) is 13.9. The topological polar surface area (TPSA) is 63.9 Å². The van der Waals surface area contributed by atoms with Crippen LogP contribution in [0.15, 0.2) is 16.5 Å². The number of nitrogens with one attached hydrogen (secondary N) is 1. The van der Waals surface area contributed by atoms with Crippen LogP contribution in [0.2, 0.25) is 0 Å². The smallest absolute Gasteiger partial charge is 0.317 e. The molecule has 3 rings (SSSR count). The maximum atomic E-state index is 12.6. The maximum absolute atomic E-state index is 12.6. The molecule has 128 valence electrons. The molecule has 0 aromatic carbocycles. The highest BCUT2D eigenvalue weighted by molar-refractivity contribution is 5.74. The molecule has 6 nitrogen and oxygen atoms in total. The van der Waals surface area contributed by atoms with Gasteiger partial charge in [-0.15, -0.1) is 0 Å². The molecule has 1 aromatic heterocycles. The van der Waals surface area contributed by atoms with Crippen LogP contribution in [0.5, 0.6) is 0 Å². The van der Waals surface area contributed by atoms with Crippen LogP contribution in [0.25, 0.3) is 0 Å². The molecule has 0 bridgehead atoms. The molecular weight excluding hydrogens is 296 g/mol. The lowest BCUT2D eigenvalue weighted by molar-refractivity contribution is -0.0282. The first-order valence-corrected chi connectivity index (χ1v) is 8.43. The Hall–Kier alpha value is -1.53. The van der Waals surface area contributed by atoms with E-state index in [0.717, 1.165) is 30.8 Å². The van der Waals surface area contributed by atoms with E-state index in [-0.39, 0.29) is 24.3 Å². The van der Waals surface area contributed by atoms with Crippen molar-refractivity contribution in [3.05, 3.63) is 23.7 Å². The minimum Gasteiger partial charge on any atom is -0.464 e. The van der Waals surface area contributed by atoms with Crippen molar-refractivity contribution in [2.45, 2.75) is 50.9 Å². The van der Waals surface area contributed by atoms with Gasteiger partial charge in [-0.25, -0.2) is 4.79 Å². The second kappa shape index (κ2) is 7.36. The standard InChI is InChI=1S/C17H26N2O4/c1-12-7-8-15(23-12)16-11-19(9-10-22-16)17(20)18-13-5-3-4-6-14(13)21-2/h7-8,13-14,16H,3-6,9-11H2,1-2H3,(H,18,20)/t13-,14+,16-/m0/s1. The lowest BCUT2D eigenvalue weighted by atomic mass is 9.92. The molecule has 1 aromatic rings. The predicted octanol–water partition coefficient (Wildman–Crippen LogP) is 2.63. The third-order valence-electron chi connectivity index (χ3n) is 4.75. The zero-order valence-corrected chi connectivity index (χ0v) is 13.9. The Morgan fingerprint density at radius 2 is 2.17 bits per heavy atom. The average molecular weight is 322 g/mol. The Kier molecular flexibility index (Phi) is 5.23. The number of nitrogens with zero attached hydrogens (tertiary/aromatic N) is 1. The molecule has 1 saturated heterocycles. The molecule has 0 radical (unpaired) electrons. The zero-order chi connectivity index (χ0) is 16.2. The number of urea groups is 1. The first-order chi connectivity index (χ1) is 11.2. The van der Waals surface area contributed by atoms with Crippen molar-refractivity contribution in [1.29, 1.82) is 0 Å². The Bertz CT molecular complexity index is 530. The van der Waals surface area contributed by atoms with Crippen molar-refractivity contribution in [3.8, 4) is 0 Å². The third-order valence-corrected chi connectivity index (χ3v) is 4.75. The number of aryl methyl sites for hydroxylation is 1. The minimum absolute atomic E-state index is 0.0319. The Balaban J connectivity index is 1.58. The summed E-state index contributed by atoms with van der Waals surface area (Å²) >= 11 is 0. The third kappa shape index (κ3) is 3.87. The van der Waals surface area contributed by atoms with Gasteiger partial charge in [0.2, 0.25) is 0 Å². The van der Waals surface area contributed by atoms with E-state index in [1.54, 1.807) is 7.11 Å². The van der Waals surface area contributed by atoms with Gasteiger partial charge in [0.05, 0.1) is 25.3 Å². The SMILES string of the molecule is CO[C@@H]1CCCC[C@@H]1NC(=O)N1CCO[C@H](c2ccc(C)o2)C1. The molecule has 2 fully saturated rings. The number of amides is 2. The van der Waals surface area contributed by atoms with Gasteiger partial charge in [-0.3, -0.25) is 0 Å². The summed E-state index contributed by atoms with van der Waals surface area (Å²) in [5.41, 5.74) is 0. The van der Waals surface area contributed by atoms with Crippen LogP contribution < -0.4 is 5.32 Å². The summed E-state index contributed by atoms with van der Waals surface area (Å²) in [6, 6.07) is 3.91. The van der Waals surface area contributed by atoms with E-state index < -0.39 is 0 Å². The Labute approximate surface area is 137 Å². The fraction of sp³-hybridized carbons (Fsp3) is 0.706. The van der Waals surface area contributed by atoms with Crippen LogP contribution in [0.1, 0.15) is 43.3 Å². The van der Waals surface area contributed by atoms with Crippen molar-refractivity contribution in [2.24, 2.45) is 0 Å². The average Bonchev–Trinajstić information content (AvgIpc) is 3.02. The summed E-state index contributed by atoms with van der Waals surface area (Å²) in [5, 5.41) is 3.14. The first kappa shape index (κ1) is 16.3. The summed E-state index contributed by atoms with van der Waals surface area (Å²) in [5.74, 6) is 1.64. The summed E-state index contributed by atoms with van der Waals surface area (Å²) < 4.78 is 16.9. The first-order valence-electron chi connectivity index (χ1n) is 8.43. The lowest BCUT2D eigenvalue weighted by Gasteiger charge is -2.36. The summed E-state index contributed by atoms with van der Waals surface area (Å²) in [7, 11) is 1.72. The molecule has 1 aliphatic heterocycles. The van der Waals surface area contributed by atoms with Gasteiger partial charge in [-0.2, -0.15) is 0 Å². The molecule has 2 heterocycles. The number of carbonyl (C=O) groups is 1. The fourth-order valence-corrected chi connectivity index (χ4v) is 3.43. The number of hydrogen-bond donors (Lipinski definition) is 1. The molecule has 2 amide bonds. The number of carbonyl (C=O) groups excluding carboxylic acids is 1. The van der Waals surface area contributed by atoms with Crippen LogP contribution in [0.4, 0.5) is 4.79 Å². The van der Waals surface area contributed by atoms with Crippen LogP contribution in [0, 0.1) is 6.92 Å².